The van der Waals surface area contributed by atoms with Crippen molar-refractivity contribution in [2.24, 2.45) is 0 Å². The van der Waals surface area contributed by atoms with Crippen molar-refractivity contribution in [2.45, 2.75) is 6.92 Å². The molecule has 2 rings (SSSR count). The van der Waals surface area contributed by atoms with Crippen LogP contribution in [0.1, 0.15) is 6.92 Å². The maximum absolute atomic E-state index is 11.2. The third-order valence-electron chi connectivity index (χ3n) is 1.99. The lowest BCUT2D eigenvalue weighted by atomic mass is 10.2. The molecule has 0 unspecified atom stereocenters. The second kappa shape index (κ2) is 5.07. The molecule has 0 saturated heterocycles. The van der Waals surface area contributed by atoms with E-state index in [1.165, 1.54) is 6.08 Å². The van der Waals surface area contributed by atoms with Crippen molar-refractivity contribution in [2.75, 3.05) is 5.32 Å². The molecule has 5 heteroatoms. The van der Waals surface area contributed by atoms with Crippen molar-refractivity contribution < 1.29 is 9.21 Å². The number of nitrogens with zero attached hydrogens (tertiary/aromatic N) is 2. The van der Waals surface area contributed by atoms with E-state index in [0.717, 1.165) is 5.56 Å². The fourth-order valence-electron chi connectivity index (χ4n) is 1.27. The standard InChI is InChI=1S/C12H11N3O2/c1-2-6-10(16)13-12-15-14-11(17-12)9-7-4-3-5-8-9/h2-8H,1H3,(H,13,15,16). The zero-order chi connectivity index (χ0) is 12.1. The summed E-state index contributed by atoms with van der Waals surface area (Å²) in [5, 5.41) is 10.0. The molecule has 0 aliphatic rings. The molecule has 1 aromatic carbocycles. The van der Waals surface area contributed by atoms with Crippen molar-refractivity contribution in [3.63, 3.8) is 0 Å². The van der Waals surface area contributed by atoms with Crippen LogP contribution in [0.4, 0.5) is 6.01 Å². The summed E-state index contributed by atoms with van der Waals surface area (Å²) in [5.74, 6) is 0.0807. The van der Waals surface area contributed by atoms with Crippen molar-refractivity contribution >= 4 is 11.9 Å². The van der Waals surface area contributed by atoms with E-state index < -0.39 is 0 Å². The van der Waals surface area contributed by atoms with Crippen LogP contribution in [0.3, 0.4) is 0 Å². The molecule has 0 bridgehead atoms. The molecule has 5 nitrogen and oxygen atoms in total. The molecule has 1 amide bonds. The number of amides is 1. The predicted octanol–water partition coefficient (Wildman–Crippen LogP) is 2.25. The van der Waals surface area contributed by atoms with Crippen LogP contribution in [-0.2, 0) is 4.79 Å². The molecule has 0 fully saturated rings. The van der Waals surface area contributed by atoms with Crippen LogP contribution < -0.4 is 5.32 Å². The highest BCUT2D eigenvalue weighted by atomic mass is 16.4. The van der Waals surface area contributed by atoms with Gasteiger partial charge in [-0.3, -0.25) is 10.1 Å². The Labute approximate surface area is 98.2 Å². The molecule has 17 heavy (non-hydrogen) atoms. The Morgan fingerprint density at radius 2 is 2.06 bits per heavy atom. The minimum absolute atomic E-state index is 0.0898. The highest BCUT2D eigenvalue weighted by molar-refractivity contribution is 5.97. The quantitative estimate of drug-likeness (QED) is 0.819. The summed E-state index contributed by atoms with van der Waals surface area (Å²) in [5.41, 5.74) is 0.812. The van der Waals surface area contributed by atoms with Gasteiger partial charge in [-0.1, -0.05) is 29.4 Å². The molecule has 1 N–H and O–H groups in total. The summed E-state index contributed by atoms with van der Waals surface area (Å²) in [7, 11) is 0. The molecule has 86 valence electrons. The predicted molar refractivity (Wildman–Crippen MR) is 63.2 cm³/mol. The van der Waals surface area contributed by atoms with E-state index in [-0.39, 0.29) is 11.9 Å². The summed E-state index contributed by atoms with van der Waals surface area (Å²) < 4.78 is 5.30. The number of nitrogens with one attached hydrogen (secondary N) is 1. The normalized spacial score (nSPS) is 10.6. The molecule has 0 aliphatic carbocycles. The average molecular weight is 229 g/mol. The van der Waals surface area contributed by atoms with Crippen LogP contribution in [0.5, 0.6) is 0 Å². The smallest absolute Gasteiger partial charge is 0.322 e. The molecule has 0 spiro atoms. The lowest BCUT2D eigenvalue weighted by Crippen LogP contribution is -2.07. The number of hydrogen-bond acceptors (Lipinski definition) is 4. The molecular weight excluding hydrogens is 218 g/mol. The van der Waals surface area contributed by atoms with Crippen molar-refractivity contribution in [1.82, 2.24) is 10.2 Å². The number of carbonyl (C=O) groups excluding carboxylic acids is 1. The summed E-state index contributed by atoms with van der Waals surface area (Å²) in [6.07, 6.45) is 3.01. The second-order valence-electron chi connectivity index (χ2n) is 3.27. The van der Waals surface area contributed by atoms with Gasteiger partial charge in [-0.05, 0) is 25.1 Å². The lowest BCUT2D eigenvalue weighted by Gasteiger charge is -1.94. The van der Waals surface area contributed by atoms with Crippen LogP contribution in [0.25, 0.3) is 11.5 Å². The van der Waals surface area contributed by atoms with Crippen LogP contribution >= 0.6 is 0 Å². The number of anilines is 1. The first kappa shape index (κ1) is 11.1. The highest BCUT2D eigenvalue weighted by Crippen LogP contribution is 2.18. The van der Waals surface area contributed by atoms with E-state index in [0.29, 0.717) is 5.89 Å². The van der Waals surface area contributed by atoms with Gasteiger partial charge < -0.3 is 4.42 Å². The molecule has 0 saturated carbocycles. The maximum Gasteiger partial charge on any atom is 0.322 e. The van der Waals surface area contributed by atoms with E-state index in [9.17, 15) is 4.79 Å². The minimum Gasteiger partial charge on any atom is -0.403 e. The molecular formula is C12H11N3O2. The van der Waals surface area contributed by atoms with Crippen LogP contribution in [0, 0.1) is 0 Å². The van der Waals surface area contributed by atoms with E-state index in [1.54, 1.807) is 13.0 Å². The fourth-order valence-corrected chi connectivity index (χ4v) is 1.27. The number of benzene rings is 1. The first-order chi connectivity index (χ1) is 8.29. The number of hydrogen-bond donors (Lipinski definition) is 1. The van der Waals surface area contributed by atoms with Gasteiger partial charge in [-0.15, -0.1) is 5.10 Å². The zero-order valence-corrected chi connectivity index (χ0v) is 9.25. The second-order valence-corrected chi connectivity index (χ2v) is 3.27. The Morgan fingerprint density at radius 3 is 2.76 bits per heavy atom. The molecule has 1 aromatic heterocycles. The fraction of sp³-hybridized carbons (Fsp3) is 0.0833. The molecule has 2 aromatic rings. The van der Waals surface area contributed by atoms with Gasteiger partial charge in [0.15, 0.2) is 0 Å². The van der Waals surface area contributed by atoms with Gasteiger partial charge in [-0.25, -0.2) is 0 Å². The van der Waals surface area contributed by atoms with E-state index in [2.05, 4.69) is 15.5 Å². The van der Waals surface area contributed by atoms with E-state index in [4.69, 9.17) is 4.42 Å². The van der Waals surface area contributed by atoms with Gasteiger partial charge in [0.2, 0.25) is 5.89 Å². The first-order valence-corrected chi connectivity index (χ1v) is 5.12. The largest absolute Gasteiger partial charge is 0.403 e. The number of aromatic nitrogens is 2. The van der Waals surface area contributed by atoms with Gasteiger partial charge in [0.25, 0.3) is 5.91 Å². The SMILES string of the molecule is CC=CC(=O)Nc1nnc(-c2ccccc2)o1. The van der Waals surface area contributed by atoms with E-state index in [1.807, 2.05) is 30.3 Å². The van der Waals surface area contributed by atoms with Gasteiger partial charge >= 0.3 is 6.01 Å². The zero-order valence-electron chi connectivity index (χ0n) is 9.25. The topological polar surface area (TPSA) is 68.0 Å². The minimum atomic E-state index is -0.296. The molecule has 0 atom stereocenters. The first-order valence-electron chi connectivity index (χ1n) is 5.12. The Morgan fingerprint density at radius 1 is 1.29 bits per heavy atom. The van der Waals surface area contributed by atoms with Crippen molar-refractivity contribution in [3.05, 3.63) is 42.5 Å². The summed E-state index contributed by atoms with van der Waals surface area (Å²) in [6.45, 7) is 1.75. The van der Waals surface area contributed by atoms with Crippen LogP contribution in [-0.4, -0.2) is 16.1 Å². The number of carbonyl (C=O) groups is 1. The lowest BCUT2D eigenvalue weighted by molar-refractivity contribution is -0.112. The molecule has 1 heterocycles. The van der Waals surface area contributed by atoms with Crippen LogP contribution in [0.15, 0.2) is 46.9 Å². The maximum atomic E-state index is 11.2. The number of allylic oxidation sites excluding steroid dienone is 1. The van der Waals surface area contributed by atoms with Gasteiger partial charge in [0.05, 0.1) is 0 Å². The van der Waals surface area contributed by atoms with E-state index >= 15 is 0 Å². The molecule has 0 radical (unpaired) electrons. The van der Waals surface area contributed by atoms with Crippen molar-refractivity contribution in [3.8, 4) is 11.5 Å². The summed E-state index contributed by atoms with van der Waals surface area (Å²) in [4.78, 5) is 11.2. The van der Waals surface area contributed by atoms with Crippen molar-refractivity contribution in [1.29, 1.82) is 0 Å². The third kappa shape index (κ3) is 2.78. The van der Waals surface area contributed by atoms with Gasteiger partial charge in [-0.2, -0.15) is 0 Å². The Hall–Kier alpha value is -2.43. The van der Waals surface area contributed by atoms with Gasteiger partial charge in [0.1, 0.15) is 0 Å². The average Bonchev–Trinajstić information content (AvgIpc) is 2.79. The third-order valence-corrected chi connectivity index (χ3v) is 1.99. The molecule has 0 aliphatic heterocycles. The van der Waals surface area contributed by atoms with Gasteiger partial charge in [0, 0.05) is 5.56 Å². The Balaban J connectivity index is 2.14. The number of rotatable bonds is 3. The monoisotopic (exact) mass is 229 g/mol. The highest BCUT2D eigenvalue weighted by Gasteiger charge is 2.08. The summed E-state index contributed by atoms with van der Waals surface area (Å²) >= 11 is 0. The summed E-state index contributed by atoms with van der Waals surface area (Å²) in [6, 6.07) is 9.44. The Bertz CT molecular complexity index is 532. The van der Waals surface area contributed by atoms with Crippen LogP contribution in [0.2, 0.25) is 0 Å². The Kier molecular flexibility index (Phi) is 3.30.